The molecular formula is C19H16F2N2O3. The summed E-state index contributed by atoms with van der Waals surface area (Å²) in [6.45, 7) is -0.868. The van der Waals surface area contributed by atoms with Gasteiger partial charge in [-0.15, -0.1) is 0 Å². The van der Waals surface area contributed by atoms with Crippen molar-refractivity contribution in [3.05, 3.63) is 64.2 Å². The van der Waals surface area contributed by atoms with Crippen LogP contribution in [0.2, 0.25) is 0 Å². The van der Waals surface area contributed by atoms with E-state index in [0.29, 0.717) is 28.9 Å². The van der Waals surface area contributed by atoms with Crippen LogP contribution in [0.1, 0.15) is 18.3 Å². The second-order valence-electron chi connectivity index (χ2n) is 5.32. The molecule has 0 radical (unpaired) electrons. The quantitative estimate of drug-likeness (QED) is 0.721. The summed E-state index contributed by atoms with van der Waals surface area (Å²) in [6, 6.07) is 11.6. The number of alkyl halides is 2. The zero-order valence-electron chi connectivity index (χ0n) is 13.9. The number of H-pyrrole nitrogens is 1. The predicted octanol–water partition coefficient (Wildman–Crippen LogP) is 4.09. The number of nitrogens with zero attached hydrogens (tertiary/aromatic N) is 1. The topological polar surface area (TPSA) is 64.2 Å². The molecule has 0 bridgehead atoms. The third-order valence-electron chi connectivity index (χ3n) is 3.55. The largest absolute Gasteiger partial charge is 0.490 e. The van der Waals surface area contributed by atoms with Gasteiger partial charge in [-0.05, 0) is 42.8 Å². The molecule has 1 aromatic heterocycles. The summed E-state index contributed by atoms with van der Waals surface area (Å²) < 4.78 is 34.7. The number of hydrogen-bond donors (Lipinski definition) is 1. The number of ether oxygens (including phenoxy) is 2. The maximum Gasteiger partial charge on any atom is 0.387 e. The van der Waals surface area contributed by atoms with E-state index in [1.807, 2.05) is 0 Å². The molecule has 134 valence electrons. The van der Waals surface area contributed by atoms with Crippen LogP contribution < -0.4 is 15.0 Å². The summed E-state index contributed by atoms with van der Waals surface area (Å²) in [6.07, 6.45) is 3.33. The van der Waals surface area contributed by atoms with E-state index in [4.69, 9.17) is 4.74 Å². The van der Waals surface area contributed by atoms with Crippen LogP contribution in [0.15, 0.2) is 47.3 Å². The van der Waals surface area contributed by atoms with Crippen LogP contribution in [0.25, 0.3) is 23.1 Å². The Kier molecular flexibility index (Phi) is 5.26. The number of nitrogens with one attached hydrogen (secondary N) is 1. The third-order valence-corrected chi connectivity index (χ3v) is 3.55. The number of hydrogen-bond acceptors (Lipinski definition) is 4. The van der Waals surface area contributed by atoms with Crippen LogP contribution in [0.4, 0.5) is 8.78 Å². The Hall–Kier alpha value is -3.22. The molecule has 5 nitrogen and oxygen atoms in total. The number of aromatic amines is 1. The van der Waals surface area contributed by atoms with Crippen LogP contribution in [-0.2, 0) is 0 Å². The van der Waals surface area contributed by atoms with Gasteiger partial charge in [0.1, 0.15) is 5.82 Å². The molecule has 0 spiro atoms. The van der Waals surface area contributed by atoms with Gasteiger partial charge in [0.05, 0.1) is 17.5 Å². The van der Waals surface area contributed by atoms with Crippen LogP contribution in [0.5, 0.6) is 11.5 Å². The van der Waals surface area contributed by atoms with Crippen molar-refractivity contribution in [3.63, 3.8) is 0 Å². The van der Waals surface area contributed by atoms with E-state index in [2.05, 4.69) is 14.7 Å². The minimum atomic E-state index is -2.93. The van der Waals surface area contributed by atoms with Crippen molar-refractivity contribution in [1.82, 2.24) is 9.97 Å². The van der Waals surface area contributed by atoms with Crippen LogP contribution in [-0.4, -0.2) is 23.2 Å². The molecule has 26 heavy (non-hydrogen) atoms. The lowest BCUT2D eigenvalue weighted by molar-refractivity contribution is -0.0514. The molecule has 0 aliphatic heterocycles. The van der Waals surface area contributed by atoms with Gasteiger partial charge in [0.2, 0.25) is 0 Å². The minimum absolute atomic E-state index is 0.0313. The molecular weight excluding hydrogens is 342 g/mol. The molecule has 3 aromatic rings. The lowest BCUT2D eigenvalue weighted by Gasteiger charge is -2.11. The molecule has 0 aliphatic rings. The molecule has 1 N–H and O–H groups in total. The smallest absolute Gasteiger partial charge is 0.387 e. The van der Waals surface area contributed by atoms with E-state index in [9.17, 15) is 13.6 Å². The highest BCUT2D eigenvalue weighted by molar-refractivity contribution is 5.79. The normalized spacial score (nSPS) is 11.4. The Bertz CT molecular complexity index is 999. The fourth-order valence-corrected chi connectivity index (χ4v) is 2.45. The maximum atomic E-state index is 12.4. The average Bonchev–Trinajstić information content (AvgIpc) is 2.62. The SMILES string of the molecule is CCOc1cc(/C=C/c2nc3ccccc3c(=O)[nH]2)ccc1OC(F)F. The summed E-state index contributed by atoms with van der Waals surface area (Å²) in [7, 11) is 0. The zero-order chi connectivity index (χ0) is 18.5. The predicted molar refractivity (Wildman–Crippen MR) is 95.5 cm³/mol. The van der Waals surface area contributed by atoms with E-state index < -0.39 is 6.61 Å². The molecule has 0 amide bonds. The van der Waals surface area contributed by atoms with Gasteiger partial charge in [0.15, 0.2) is 11.5 Å². The van der Waals surface area contributed by atoms with Gasteiger partial charge >= 0.3 is 6.61 Å². The van der Waals surface area contributed by atoms with Gasteiger partial charge in [-0.1, -0.05) is 24.3 Å². The lowest BCUT2D eigenvalue weighted by Crippen LogP contribution is -2.09. The number of rotatable bonds is 6. The highest BCUT2D eigenvalue weighted by Crippen LogP contribution is 2.30. The fourth-order valence-electron chi connectivity index (χ4n) is 2.45. The van der Waals surface area contributed by atoms with Gasteiger partial charge < -0.3 is 14.5 Å². The fraction of sp³-hybridized carbons (Fsp3) is 0.158. The Morgan fingerprint density at radius 2 is 1.96 bits per heavy atom. The first-order valence-corrected chi connectivity index (χ1v) is 7.95. The van der Waals surface area contributed by atoms with E-state index in [1.54, 1.807) is 55.5 Å². The number of halogens is 2. The van der Waals surface area contributed by atoms with Gasteiger partial charge in [-0.2, -0.15) is 8.78 Å². The molecule has 0 fully saturated rings. The van der Waals surface area contributed by atoms with E-state index in [0.717, 1.165) is 0 Å². The molecule has 3 rings (SSSR count). The Morgan fingerprint density at radius 1 is 1.15 bits per heavy atom. The lowest BCUT2D eigenvalue weighted by atomic mass is 10.2. The first-order chi connectivity index (χ1) is 12.6. The van der Waals surface area contributed by atoms with Gasteiger partial charge in [0, 0.05) is 0 Å². The number of benzene rings is 2. The minimum Gasteiger partial charge on any atom is -0.490 e. The van der Waals surface area contributed by atoms with Gasteiger partial charge in [0.25, 0.3) is 5.56 Å². The summed E-state index contributed by atoms with van der Waals surface area (Å²) in [5.41, 5.74) is 1.04. The van der Waals surface area contributed by atoms with Gasteiger partial charge in [-0.3, -0.25) is 4.79 Å². The number of para-hydroxylation sites is 1. The molecule has 2 aromatic carbocycles. The maximum absolute atomic E-state index is 12.4. The zero-order valence-corrected chi connectivity index (χ0v) is 13.9. The monoisotopic (exact) mass is 358 g/mol. The standard InChI is InChI=1S/C19H16F2N2O3/c1-2-25-16-11-12(7-9-15(16)26-19(20)21)8-10-17-22-14-6-4-3-5-13(14)18(24)23-17/h3-11,19H,2H2,1H3,(H,22,23,24)/b10-8+. The molecule has 7 heteroatoms. The number of fused-ring (bicyclic) bond motifs is 1. The molecule has 0 saturated heterocycles. The summed E-state index contributed by atoms with van der Waals surface area (Å²) in [5.74, 6) is 0.575. The van der Waals surface area contributed by atoms with Crippen molar-refractivity contribution in [2.24, 2.45) is 0 Å². The Labute approximate surface area is 147 Å². The molecule has 0 unspecified atom stereocenters. The second-order valence-corrected chi connectivity index (χ2v) is 5.32. The van der Waals surface area contributed by atoms with E-state index in [1.165, 1.54) is 6.07 Å². The van der Waals surface area contributed by atoms with E-state index in [-0.39, 0.29) is 17.1 Å². The molecule has 0 saturated carbocycles. The van der Waals surface area contributed by atoms with Crippen molar-refractivity contribution < 1.29 is 18.3 Å². The van der Waals surface area contributed by atoms with Crippen LogP contribution >= 0.6 is 0 Å². The first kappa shape index (κ1) is 17.6. The highest BCUT2D eigenvalue weighted by atomic mass is 19.3. The van der Waals surface area contributed by atoms with Crippen molar-refractivity contribution >= 4 is 23.1 Å². The first-order valence-electron chi connectivity index (χ1n) is 7.95. The summed E-state index contributed by atoms with van der Waals surface area (Å²) in [5, 5.41) is 0.511. The average molecular weight is 358 g/mol. The summed E-state index contributed by atoms with van der Waals surface area (Å²) >= 11 is 0. The Morgan fingerprint density at radius 3 is 2.73 bits per heavy atom. The second kappa shape index (κ2) is 7.77. The van der Waals surface area contributed by atoms with Gasteiger partial charge in [-0.25, -0.2) is 4.98 Å². The highest BCUT2D eigenvalue weighted by Gasteiger charge is 2.11. The van der Waals surface area contributed by atoms with Crippen LogP contribution in [0, 0.1) is 0 Å². The van der Waals surface area contributed by atoms with Crippen molar-refractivity contribution in [1.29, 1.82) is 0 Å². The Balaban J connectivity index is 1.90. The molecule has 0 atom stereocenters. The molecule has 0 aliphatic carbocycles. The third kappa shape index (κ3) is 4.05. The summed E-state index contributed by atoms with van der Waals surface area (Å²) in [4.78, 5) is 19.1. The van der Waals surface area contributed by atoms with E-state index >= 15 is 0 Å². The van der Waals surface area contributed by atoms with Crippen molar-refractivity contribution in [3.8, 4) is 11.5 Å². The number of aromatic nitrogens is 2. The van der Waals surface area contributed by atoms with Crippen molar-refractivity contribution in [2.45, 2.75) is 13.5 Å². The van der Waals surface area contributed by atoms with Crippen LogP contribution in [0.3, 0.4) is 0 Å². The van der Waals surface area contributed by atoms with Crippen molar-refractivity contribution in [2.75, 3.05) is 6.61 Å². The molecule has 1 heterocycles.